The van der Waals surface area contributed by atoms with Crippen molar-refractivity contribution < 1.29 is 13.6 Å². The summed E-state index contributed by atoms with van der Waals surface area (Å²) in [7, 11) is 2.21. The quantitative estimate of drug-likeness (QED) is 0.446. The number of carbonyl (C=O) groups is 1. The third kappa shape index (κ3) is 5.14. The Labute approximate surface area is 219 Å². The van der Waals surface area contributed by atoms with Crippen molar-refractivity contribution in [2.75, 3.05) is 38.1 Å². The minimum absolute atomic E-state index is 0.0466. The average Bonchev–Trinajstić information content (AvgIpc) is 3.66. The zero-order valence-corrected chi connectivity index (χ0v) is 22.5. The standard InChI is InChI=1S/C28H36N4O3.CHN/c1-18(2)26-23(21-8-13-34-17-21)15-24(25-7-6-10-30(25)5)27(29-26)31-11-12-32(19(3)16-31)28(33)22-9-14-35-20(22)4;1-2/h8-9,13-15,17-19,25H,6-7,10-12,16H2,1-5H3;1H/t19?,25-;/m1./s1. The van der Waals surface area contributed by atoms with Crippen molar-refractivity contribution in [1.29, 1.82) is 5.26 Å². The molecule has 1 amide bonds. The van der Waals surface area contributed by atoms with Gasteiger partial charge in [-0.2, -0.15) is 0 Å². The molecule has 5 rings (SSSR count). The van der Waals surface area contributed by atoms with Gasteiger partial charge in [0, 0.05) is 55.0 Å². The summed E-state index contributed by atoms with van der Waals surface area (Å²) in [4.78, 5) is 25.3. The third-order valence-electron chi connectivity index (χ3n) is 7.60. The van der Waals surface area contributed by atoms with Crippen molar-refractivity contribution in [1.82, 2.24) is 14.8 Å². The largest absolute Gasteiger partial charge is 0.472 e. The second kappa shape index (κ2) is 11.2. The van der Waals surface area contributed by atoms with Gasteiger partial charge in [0.25, 0.3) is 5.91 Å². The molecule has 5 heterocycles. The summed E-state index contributed by atoms with van der Waals surface area (Å²) in [5.41, 5.74) is 5.26. The first-order valence-corrected chi connectivity index (χ1v) is 13.0. The molecule has 0 aromatic carbocycles. The van der Waals surface area contributed by atoms with Crippen LogP contribution in [-0.2, 0) is 0 Å². The SMILES string of the molecule is C#N.Cc1occc1C(=O)N1CCN(c2nc(C(C)C)c(-c3ccoc3)cc2[C@H]2CCCN2C)CC1C. The molecule has 196 valence electrons. The number of furan rings is 2. The maximum Gasteiger partial charge on any atom is 0.257 e. The molecule has 0 radical (unpaired) electrons. The Hall–Kier alpha value is -3.57. The molecule has 3 aromatic rings. The van der Waals surface area contributed by atoms with E-state index in [4.69, 9.17) is 19.1 Å². The first-order chi connectivity index (χ1) is 17.8. The molecule has 2 aliphatic heterocycles. The number of nitrogens with zero attached hydrogens (tertiary/aromatic N) is 5. The lowest BCUT2D eigenvalue weighted by molar-refractivity contribution is 0.0671. The van der Waals surface area contributed by atoms with E-state index in [0.717, 1.165) is 48.7 Å². The summed E-state index contributed by atoms with van der Waals surface area (Å²) < 4.78 is 10.8. The van der Waals surface area contributed by atoms with Gasteiger partial charge in [0.2, 0.25) is 0 Å². The van der Waals surface area contributed by atoms with Crippen molar-refractivity contribution in [2.24, 2.45) is 0 Å². The number of amides is 1. The molecule has 2 atom stereocenters. The molecule has 3 aromatic heterocycles. The Bertz CT molecular complexity index is 1230. The van der Waals surface area contributed by atoms with E-state index in [1.165, 1.54) is 12.0 Å². The summed E-state index contributed by atoms with van der Waals surface area (Å²) in [6, 6.07) is 6.56. The smallest absolute Gasteiger partial charge is 0.257 e. The van der Waals surface area contributed by atoms with Crippen molar-refractivity contribution in [3.8, 4) is 17.7 Å². The number of aryl methyl sites for hydroxylation is 1. The highest BCUT2D eigenvalue weighted by Crippen LogP contribution is 2.41. The number of aromatic nitrogens is 1. The van der Waals surface area contributed by atoms with Gasteiger partial charge in [-0.25, -0.2) is 10.2 Å². The predicted octanol–water partition coefficient (Wildman–Crippen LogP) is 5.62. The van der Waals surface area contributed by atoms with Crippen LogP contribution in [0.5, 0.6) is 0 Å². The van der Waals surface area contributed by atoms with E-state index >= 15 is 0 Å². The van der Waals surface area contributed by atoms with Crippen LogP contribution >= 0.6 is 0 Å². The number of piperazine rings is 1. The van der Waals surface area contributed by atoms with Gasteiger partial charge in [0.1, 0.15) is 11.6 Å². The van der Waals surface area contributed by atoms with Gasteiger partial charge in [-0.3, -0.25) is 9.69 Å². The van der Waals surface area contributed by atoms with Gasteiger partial charge in [-0.05, 0) is 64.4 Å². The Morgan fingerprint density at radius 2 is 1.97 bits per heavy atom. The molecule has 2 aliphatic rings. The Balaban J connectivity index is 0.00000156. The number of rotatable bonds is 5. The van der Waals surface area contributed by atoms with Crippen LogP contribution in [0.15, 0.2) is 45.8 Å². The second-order valence-corrected chi connectivity index (χ2v) is 10.3. The highest BCUT2D eigenvalue weighted by Gasteiger charge is 2.34. The van der Waals surface area contributed by atoms with E-state index in [2.05, 4.69) is 50.3 Å². The van der Waals surface area contributed by atoms with Gasteiger partial charge < -0.3 is 18.6 Å². The minimum atomic E-state index is 0.0466. The zero-order valence-electron chi connectivity index (χ0n) is 22.5. The maximum atomic E-state index is 13.2. The Morgan fingerprint density at radius 3 is 2.54 bits per heavy atom. The Morgan fingerprint density at radius 1 is 1.19 bits per heavy atom. The summed E-state index contributed by atoms with van der Waals surface area (Å²) >= 11 is 0. The Kier molecular flexibility index (Phi) is 8.03. The van der Waals surface area contributed by atoms with Crippen molar-refractivity contribution in [2.45, 2.75) is 58.5 Å². The van der Waals surface area contributed by atoms with E-state index in [0.29, 0.717) is 23.9 Å². The van der Waals surface area contributed by atoms with Crippen molar-refractivity contribution >= 4 is 11.7 Å². The van der Waals surface area contributed by atoms with E-state index in [9.17, 15) is 4.79 Å². The van der Waals surface area contributed by atoms with Gasteiger partial charge >= 0.3 is 0 Å². The van der Waals surface area contributed by atoms with Crippen molar-refractivity contribution in [3.05, 3.63) is 59.6 Å². The van der Waals surface area contributed by atoms with Gasteiger partial charge in [-0.15, -0.1) is 0 Å². The van der Waals surface area contributed by atoms with Crippen LogP contribution in [-0.4, -0.2) is 60.0 Å². The van der Waals surface area contributed by atoms with Crippen LogP contribution in [0.4, 0.5) is 5.82 Å². The summed E-state index contributed by atoms with van der Waals surface area (Å²) in [5, 5.41) is 6.50. The molecule has 8 nitrogen and oxygen atoms in total. The van der Waals surface area contributed by atoms with Crippen LogP contribution in [0.1, 0.15) is 72.9 Å². The fourth-order valence-electron chi connectivity index (χ4n) is 5.64. The fraction of sp³-hybridized carbons (Fsp3) is 0.483. The number of hydrogen-bond acceptors (Lipinski definition) is 7. The van der Waals surface area contributed by atoms with Crippen LogP contribution in [0, 0.1) is 18.8 Å². The topological polar surface area (TPSA) is 89.8 Å². The van der Waals surface area contributed by atoms with E-state index < -0.39 is 0 Å². The van der Waals surface area contributed by atoms with E-state index in [1.54, 1.807) is 18.6 Å². The normalized spacial score (nSPS) is 20.2. The molecule has 0 saturated carbocycles. The number of nitriles is 1. The first kappa shape index (κ1) is 26.5. The summed E-state index contributed by atoms with van der Waals surface area (Å²) in [6.07, 6.45) is 7.46. The molecule has 0 bridgehead atoms. The lowest BCUT2D eigenvalue weighted by Crippen LogP contribution is -2.54. The number of likely N-dealkylation sites (tertiary alicyclic amines) is 1. The van der Waals surface area contributed by atoms with E-state index in [-0.39, 0.29) is 17.9 Å². The number of carbonyl (C=O) groups excluding carboxylic acids is 1. The molecule has 0 aliphatic carbocycles. The molecule has 0 N–H and O–H groups in total. The molecule has 0 spiro atoms. The molecule has 37 heavy (non-hydrogen) atoms. The van der Waals surface area contributed by atoms with Crippen molar-refractivity contribution in [3.63, 3.8) is 0 Å². The monoisotopic (exact) mass is 503 g/mol. The minimum Gasteiger partial charge on any atom is -0.472 e. The third-order valence-corrected chi connectivity index (χ3v) is 7.60. The maximum absolute atomic E-state index is 13.2. The van der Waals surface area contributed by atoms with Crippen LogP contribution in [0.2, 0.25) is 0 Å². The zero-order chi connectivity index (χ0) is 26.7. The van der Waals surface area contributed by atoms with Gasteiger partial charge in [0.05, 0.1) is 30.0 Å². The molecule has 2 saturated heterocycles. The number of anilines is 1. The summed E-state index contributed by atoms with van der Waals surface area (Å²) in [5.74, 6) is 2.07. The number of hydrogen-bond donors (Lipinski definition) is 0. The first-order valence-electron chi connectivity index (χ1n) is 13.0. The average molecular weight is 504 g/mol. The summed E-state index contributed by atoms with van der Waals surface area (Å²) in [6.45, 7) is 15.1. The molecular weight excluding hydrogens is 466 g/mol. The van der Waals surface area contributed by atoms with Crippen LogP contribution in [0.3, 0.4) is 0 Å². The van der Waals surface area contributed by atoms with Crippen LogP contribution < -0.4 is 4.90 Å². The lowest BCUT2D eigenvalue weighted by Gasteiger charge is -2.42. The highest BCUT2D eigenvalue weighted by atomic mass is 16.3. The van der Waals surface area contributed by atoms with E-state index in [1.807, 2.05) is 24.2 Å². The molecule has 2 fully saturated rings. The highest BCUT2D eigenvalue weighted by molar-refractivity contribution is 5.95. The second-order valence-electron chi connectivity index (χ2n) is 10.3. The molecule has 1 unspecified atom stereocenters. The molecular formula is C29H37N5O3. The predicted molar refractivity (Wildman–Crippen MR) is 143 cm³/mol. The number of pyridine rings is 1. The fourth-order valence-corrected chi connectivity index (χ4v) is 5.64. The van der Waals surface area contributed by atoms with Gasteiger partial charge in [0.15, 0.2) is 0 Å². The lowest BCUT2D eigenvalue weighted by atomic mass is 9.94. The van der Waals surface area contributed by atoms with Gasteiger partial charge in [-0.1, -0.05) is 13.8 Å². The van der Waals surface area contributed by atoms with Crippen LogP contribution in [0.25, 0.3) is 11.1 Å². The molecule has 8 heteroatoms.